The van der Waals surface area contributed by atoms with Crippen molar-refractivity contribution in [3.05, 3.63) is 29.3 Å². The van der Waals surface area contributed by atoms with Crippen LogP contribution in [0.4, 0.5) is 0 Å². The molecule has 2 nitrogen and oxygen atoms in total. The maximum absolute atomic E-state index is 5.22. The van der Waals surface area contributed by atoms with Crippen LogP contribution in [0.5, 0.6) is 5.75 Å². The van der Waals surface area contributed by atoms with E-state index < -0.39 is 0 Å². The predicted octanol–water partition coefficient (Wildman–Crippen LogP) is 2.19. The van der Waals surface area contributed by atoms with Crippen LogP contribution in [0.3, 0.4) is 0 Å². The number of aryl methyl sites for hydroxylation is 1. The van der Waals surface area contributed by atoms with Gasteiger partial charge in [-0.1, -0.05) is 12.1 Å². The topological polar surface area (TPSA) is 18.5 Å². The first-order valence-corrected chi connectivity index (χ1v) is 4.11. The van der Waals surface area contributed by atoms with Crippen molar-refractivity contribution in [1.29, 1.82) is 0 Å². The highest BCUT2D eigenvalue weighted by molar-refractivity contribution is 7.79. The second-order valence-corrected chi connectivity index (χ2v) is 3.03. The van der Waals surface area contributed by atoms with Gasteiger partial charge in [0, 0.05) is 17.8 Å². The lowest BCUT2D eigenvalue weighted by Gasteiger charge is -2.19. The smallest absolute Gasteiger partial charge is 0.358 e. The van der Waals surface area contributed by atoms with Gasteiger partial charge in [-0.25, -0.2) is 0 Å². The van der Waals surface area contributed by atoms with E-state index in [1.54, 1.807) is 0 Å². The first-order chi connectivity index (χ1) is 5.77. The Kier molecular flexibility index (Phi) is 1.73. The Bertz CT molecular complexity index is 333. The number of rotatable bonds is 0. The summed E-state index contributed by atoms with van der Waals surface area (Å²) in [6.45, 7) is 2.56. The van der Waals surface area contributed by atoms with E-state index in [0.717, 1.165) is 11.3 Å². The Morgan fingerprint density at radius 1 is 1.42 bits per heavy atom. The fourth-order valence-electron chi connectivity index (χ4n) is 1.21. The largest absolute Gasteiger partial charge is 0.452 e. The van der Waals surface area contributed by atoms with Crippen molar-refractivity contribution in [3.63, 3.8) is 0 Å². The SMILES string of the molecule is Cc1cccc2c1COC(=S)O2. The minimum atomic E-state index is 0.216. The van der Waals surface area contributed by atoms with Gasteiger partial charge < -0.3 is 9.47 Å². The van der Waals surface area contributed by atoms with E-state index in [-0.39, 0.29) is 5.24 Å². The van der Waals surface area contributed by atoms with Crippen molar-refractivity contribution >= 4 is 17.5 Å². The maximum Gasteiger partial charge on any atom is 0.358 e. The van der Waals surface area contributed by atoms with Crippen LogP contribution in [0, 0.1) is 6.92 Å². The molecule has 0 saturated carbocycles. The number of hydrogen-bond acceptors (Lipinski definition) is 3. The van der Waals surface area contributed by atoms with Gasteiger partial charge in [0.15, 0.2) is 0 Å². The summed E-state index contributed by atoms with van der Waals surface area (Å²) in [6.07, 6.45) is 0. The molecule has 3 heteroatoms. The molecule has 0 saturated heterocycles. The molecule has 1 aromatic carbocycles. The lowest BCUT2D eigenvalue weighted by atomic mass is 10.1. The highest BCUT2D eigenvalue weighted by Gasteiger charge is 2.15. The van der Waals surface area contributed by atoms with Crippen molar-refractivity contribution in [2.24, 2.45) is 0 Å². The summed E-state index contributed by atoms with van der Waals surface area (Å²) >= 11 is 4.78. The van der Waals surface area contributed by atoms with Crippen LogP contribution in [0.2, 0.25) is 0 Å². The first-order valence-electron chi connectivity index (χ1n) is 3.70. The minimum absolute atomic E-state index is 0.216. The molecule has 0 spiro atoms. The molecule has 0 N–H and O–H groups in total. The lowest BCUT2D eigenvalue weighted by Crippen LogP contribution is -2.17. The van der Waals surface area contributed by atoms with Gasteiger partial charge in [-0.05, 0) is 18.6 Å². The second kappa shape index (κ2) is 2.75. The van der Waals surface area contributed by atoms with Gasteiger partial charge >= 0.3 is 5.24 Å². The molecular formula is C9H8O2S. The van der Waals surface area contributed by atoms with Crippen LogP contribution in [-0.4, -0.2) is 5.24 Å². The van der Waals surface area contributed by atoms with Crippen molar-refractivity contribution in [1.82, 2.24) is 0 Å². The average molecular weight is 180 g/mol. The average Bonchev–Trinajstić information content (AvgIpc) is 2.04. The zero-order valence-corrected chi connectivity index (χ0v) is 7.48. The molecule has 2 rings (SSSR count). The third kappa shape index (κ3) is 1.16. The number of benzene rings is 1. The van der Waals surface area contributed by atoms with E-state index in [4.69, 9.17) is 21.7 Å². The van der Waals surface area contributed by atoms with Crippen LogP contribution < -0.4 is 4.74 Å². The summed E-state index contributed by atoms with van der Waals surface area (Å²) in [5.41, 5.74) is 2.26. The van der Waals surface area contributed by atoms with E-state index in [1.807, 2.05) is 25.1 Å². The molecule has 1 aromatic rings. The molecular weight excluding hydrogens is 172 g/mol. The molecule has 0 unspecified atom stereocenters. The third-order valence-electron chi connectivity index (χ3n) is 1.89. The Hall–Kier alpha value is -1.09. The van der Waals surface area contributed by atoms with E-state index in [1.165, 1.54) is 5.56 Å². The predicted molar refractivity (Wildman–Crippen MR) is 49.2 cm³/mol. The van der Waals surface area contributed by atoms with Crippen molar-refractivity contribution < 1.29 is 9.47 Å². The molecule has 0 radical (unpaired) electrons. The molecule has 0 fully saturated rings. The molecule has 0 bridgehead atoms. The van der Waals surface area contributed by atoms with Crippen LogP contribution in [0.1, 0.15) is 11.1 Å². The van der Waals surface area contributed by atoms with E-state index in [9.17, 15) is 0 Å². The maximum atomic E-state index is 5.22. The molecule has 62 valence electrons. The van der Waals surface area contributed by atoms with Crippen molar-refractivity contribution in [2.45, 2.75) is 13.5 Å². The Morgan fingerprint density at radius 2 is 2.25 bits per heavy atom. The molecule has 12 heavy (non-hydrogen) atoms. The summed E-state index contributed by atoms with van der Waals surface area (Å²) in [5, 5.41) is 0.216. The molecule has 1 heterocycles. The number of thiocarbonyl (C=S) groups is 1. The second-order valence-electron chi connectivity index (χ2n) is 2.69. The quantitative estimate of drug-likeness (QED) is 0.570. The van der Waals surface area contributed by atoms with Crippen molar-refractivity contribution in [3.8, 4) is 5.75 Å². The normalized spacial score (nSPS) is 14.6. The van der Waals surface area contributed by atoms with Gasteiger partial charge in [-0.15, -0.1) is 0 Å². The van der Waals surface area contributed by atoms with Crippen LogP contribution >= 0.6 is 12.2 Å². The lowest BCUT2D eigenvalue weighted by molar-refractivity contribution is 0.210. The van der Waals surface area contributed by atoms with Crippen LogP contribution in [0.15, 0.2) is 18.2 Å². The Labute approximate surface area is 76.1 Å². The molecule has 1 aliphatic heterocycles. The zero-order chi connectivity index (χ0) is 8.55. The number of ether oxygens (including phenoxy) is 2. The fourth-order valence-corrected chi connectivity index (χ4v) is 1.35. The van der Waals surface area contributed by atoms with Gasteiger partial charge in [0.05, 0.1) is 0 Å². The first kappa shape index (κ1) is 7.55. The monoisotopic (exact) mass is 180 g/mol. The van der Waals surface area contributed by atoms with Crippen molar-refractivity contribution in [2.75, 3.05) is 0 Å². The summed E-state index contributed by atoms with van der Waals surface area (Å²) in [7, 11) is 0. The van der Waals surface area contributed by atoms with Gasteiger partial charge in [0.2, 0.25) is 0 Å². The Morgan fingerprint density at radius 3 is 3.08 bits per heavy atom. The van der Waals surface area contributed by atoms with E-state index in [0.29, 0.717) is 6.61 Å². The molecule has 0 amide bonds. The van der Waals surface area contributed by atoms with Crippen LogP contribution in [0.25, 0.3) is 0 Å². The summed E-state index contributed by atoms with van der Waals surface area (Å²) < 4.78 is 10.3. The van der Waals surface area contributed by atoms with Gasteiger partial charge in [-0.3, -0.25) is 0 Å². The standard InChI is InChI=1S/C9H8O2S/c1-6-3-2-4-8-7(6)5-10-9(12)11-8/h2-4H,5H2,1H3. The summed E-state index contributed by atoms with van der Waals surface area (Å²) in [5.74, 6) is 0.825. The minimum Gasteiger partial charge on any atom is -0.452 e. The molecule has 1 aliphatic rings. The highest BCUT2D eigenvalue weighted by atomic mass is 32.1. The highest BCUT2D eigenvalue weighted by Crippen LogP contribution is 2.26. The zero-order valence-electron chi connectivity index (χ0n) is 6.66. The van der Waals surface area contributed by atoms with Crippen LogP contribution in [-0.2, 0) is 11.3 Å². The fraction of sp³-hybridized carbons (Fsp3) is 0.222. The molecule has 0 atom stereocenters. The van der Waals surface area contributed by atoms with Gasteiger partial charge in [-0.2, -0.15) is 0 Å². The number of hydrogen-bond donors (Lipinski definition) is 0. The number of fused-ring (bicyclic) bond motifs is 1. The van der Waals surface area contributed by atoms with E-state index >= 15 is 0 Å². The third-order valence-corrected chi connectivity index (χ3v) is 2.10. The van der Waals surface area contributed by atoms with Gasteiger partial charge in [0.1, 0.15) is 12.4 Å². The molecule has 0 aliphatic carbocycles. The summed E-state index contributed by atoms with van der Waals surface area (Å²) in [6, 6.07) is 5.87. The Balaban J connectivity index is 2.48. The van der Waals surface area contributed by atoms with E-state index in [2.05, 4.69) is 0 Å². The van der Waals surface area contributed by atoms with Gasteiger partial charge in [0.25, 0.3) is 0 Å². The summed E-state index contributed by atoms with van der Waals surface area (Å²) in [4.78, 5) is 0. The molecule has 0 aromatic heterocycles.